The molecule has 1 atom stereocenters. The summed E-state index contributed by atoms with van der Waals surface area (Å²) < 4.78 is 10.6. The zero-order valence-corrected chi connectivity index (χ0v) is 6.97. The van der Waals surface area contributed by atoms with Crippen molar-refractivity contribution < 1.29 is 24.8 Å². The van der Waals surface area contributed by atoms with Crippen LogP contribution in [-0.4, -0.2) is 33.4 Å². The third-order valence-corrected chi connectivity index (χ3v) is 1.76. The molecule has 0 aromatic carbocycles. The monoisotopic (exact) mass is 193 g/mol. The van der Waals surface area contributed by atoms with Gasteiger partial charge >= 0.3 is 5.97 Å². The molecule has 0 aliphatic rings. The molecule has 12 heavy (non-hydrogen) atoms. The minimum absolute atomic E-state index is 0.528. The smallest absolute Gasteiger partial charge is 0.357 e. The number of carbonyl (C=O) groups is 1. The fourth-order valence-corrected chi connectivity index (χ4v) is 0.821. The minimum Gasteiger partial charge on any atom is -0.476 e. The zero-order valence-electron chi connectivity index (χ0n) is 5.97. The number of carboxylic acid groups (broad SMARTS) is 1. The number of hydrogen-bond acceptors (Lipinski definition) is 5. The number of aliphatic hydroxyl groups is 1. The number of carboxylic acids is 1. The van der Waals surface area contributed by atoms with Gasteiger partial charge in [-0.25, -0.2) is 4.79 Å². The molecule has 0 radical (unpaired) electrons. The van der Waals surface area contributed by atoms with Crippen LogP contribution in [-0.2, 0) is 9.36 Å². The first-order chi connectivity index (χ1) is 5.61. The van der Waals surface area contributed by atoms with Crippen molar-refractivity contribution in [1.82, 2.24) is 0 Å². The van der Waals surface area contributed by atoms with Crippen molar-refractivity contribution in [3.63, 3.8) is 0 Å². The number of hydrogen-bond donors (Lipinski definition) is 3. The van der Waals surface area contributed by atoms with E-state index in [2.05, 4.69) is 5.16 Å². The summed E-state index contributed by atoms with van der Waals surface area (Å²) >= 11 is 0. The molecule has 0 aromatic rings. The Morgan fingerprint density at radius 3 is 2.50 bits per heavy atom. The van der Waals surface area contributed by atoms with E-state index >= 15 is 0 Å². The van der Waals surface area contributed by atoms with Crippen molar-refractivity contribution in [2.45, 2.75) is 0 Å². The molecule has 0 spiro atoms. The maximum absolute atomic E-state index is 10.6. The lowest BCUT2D eigenvalue weighted by Crippen LogP contribution is -2.09. The van der Waals surface area contributed by atoms with E-state index in [1.54, 1.807) is 0 Å². The van der Waals surface area contributed by atoms with Gasteiger partial charge in [-0.1, -0.05) is 5.16 Å². The Hall–Kier alpha value is -1.13. The van der Waals surface area contributed by atoms with Crippen LogP contribution in [0.4, 0.5) is 0 Å². The number of oxime groups is 1. The van der Waals surface area contributed by atoms with Gasteiger partial charge in [0.25, 0.3) is 0 Å². The minimum atomic E-state index is -2.30. The van der Waals surface area contributed by atoms with Crippen LogP contribution in [0.1, 0.15) is 0 Å². The Morgan fingerprint density at radius 1 is 1.58 bits per heavy atom. The molecule has 6 nitrogen and oxygen atoms in total. The molecular formula is C5H8NO5P. The molecule has 68 valence electrons. The lowest BCUT2D eigenvalue weighted by atomic mass is 10.4. The first-order valence-corrected chi connectivity index (χ1v) is 4.58. The lowest BCUT2D eigenvalue weighted by Gasteiger charge is -1.88. The molecule has 7 heteroatoms. The standard InChI is InChI=1S/C5H8NO5P/c7-3-12(11)2-1-4(6-10)5(8)9/h1-2,7,10,12H,3H2,(H,8,9). The van der Waals surface area contributed by atoms with Crippen molar-refractivity contribution in [1.29, 1.82) is 0 Å². The van der Waals surface area contributed by atoms with Gasteiger partial charge in [0.05, 0.1) is 6.35 Å². The Kier molecular flexibility index (Phi) is 4.99. The first kappa shape index (κ1) is 10.9. The van der Waals surface area contributed by atoms with Gasteiger partial charge in [-0.15, -0.1) is 0 Å². The van der Waals surface area contributed by atoms with Gasteiger partial charge in [0.15, 0.2) is 5.71 Å². The van der Waals surface area contributed by atoms with E-state index in [0.29, 0.717) is 0 Å². The van der Waals surface area contributed by atoms with Gasteiger partial charge in [0.1, 0.15) is 7.80 Å². The number of nitrogens with zero attached hydrogens (tertiary/aromatic N) is 1. The summed E-state index contributed by atoms with van der Waals surface area (Å²) in [4.78, 5) is 10.1. The highest BCUT2D eigenvalue weighted by molar-refractivity contribution is 7.48. The van der Waals surface area contributed by atoms with Crippen molar-refractivity contribution in [2.24, 2.45) is 5.16 Å². The molecule has 0 amide bonds. The van der Waals surface area contributed by atoms with Crippen molar-refractivity contribution >= 4 is 19.5 Å². The highest BCUT2D eigenvalue weighted by Gasteiger charge is 2.04. The Balaban J connectivity index is 4.32. The number of rotatable bonds is 4. The lowest BCUT2D eigenvalue weighted by molar-refractivity contribution is -0.129. The third-order valence-electron chi connectivity index (χ3n) is 0.910. The van der Waals surface area contributed by atoms with Gasteiger partial charge in [-0.2, -0.15) is 0 Å². The molecule has 0 saturated carbocycles. The highest BCUT2D eigenvalue weighted by Crippen LogP contribution is 2.19. The van der Waals surface area contributed by atoms with Crippen LogP contribution in [0.3, 0.4) is 0 Å². The van der Waals surface area contributed by atoms with E-state index in [-0.39, 0.29) is 0 Å². The second-order valence-electron chi connectivity index (χ2n) is 1.75. The van der Waals surface area contributed by atoms with Crippen molar-refractivity contribution in [2.75, 3.05) is 6.35 Å². The molecule has 0 aliphatic carbocycles. The fraction of sp³-hybridized carbons (Fsp3) is 0.200. The Morgan fingerprint density at radius 2 is 2.17 bits per heavy atom. The van der Waals surface area contributed by atoms with Crippen LogP contribution < -0.4 is 0 Å². The predicted molar refractivity (Wildman–Crippen MR) is 42.1 cm³/mol. The zero-order chi connectivity index (χ0) is 9.56. The largest absolute Gasteiger partial charge is 0.476 e. The van der Waals surface area contributed by atoms with Gasteiger partial charge in [0.2, 0.25) is 0 Å². The van der Waals surface area contributed by atoms with Crippen LogP contribution in [0.15, 0.2) is 17.0 Å². The fourth-order valence-electron chi connectivity index (χ4n) is 0.372. The Bertz CT molecular complexity index is 246. The highest BCUT2D eigenvalue weighted by atomic mass is 31.1. The van der Waals surface area contributed by atoms with E-state index in [4.69, 9.17) is 15.4 Å². The summed E-state index contributed by atoms with van der Waals surface area (Å²) in [5.41, 5.74) is -0.623. The summed E-state index contributed by atoms with van der Waals surface area (Å²) in [6.45, 7) is 0. The normalized spacial score (nSPS) is 14.9. The van der Waals surface area contributed by atoms with E-state index in [9.17, 15) is 9.36 Å². The van der Waals surface area contributed by atoms with Crippen LogP contribution in [0.25, 0.3) is 0 Å². The summed E-state index contributed by atoms with van der Waals surface area (Å²) in [6.07, 6.45) is 0.347. The number of aliphatic carboxylic acids is 1. The van der Waals surface area contributed by atoms with Crippen LogP contribution in [0, 0.1) is 0 Å². The molecule has 0 aromatic heterocycles. The predicted octanol–water partition coefficient (Wildman–Crippen LogP) is -0.0756. The van der Waals surface area contributed by atoms with Crippen molar-refractivity contribution in [3.8, 4) is 0 Å². The van der Waals surface area contributed by atoms with E-state index in [1.807, 2.05) is 0 Å². The second kappa shape index (κ2) is 5.51. The SMILES string of the molecule is O=C(O)C(C=C[PH](=O)CO)=NO. The topological polar surface area (TPSA) is 107 Å². The maximum atomic E-state index is 10.6. The average Bonchev–Trinajstić information content (AvgIpc) is 2.04. The average molecular weight is 193 g/mol. The third kappa shape index (κ3) is 3.90. The van der Waals surface area contributed by atoms with Crippen LogP contribution in [0.2, 0.25) is 0 Å². The van der Waals surface area contributed by atoms with E-state index in [1.165, 1.54) is 0 Å². The molecule has 0 saturated heterocycles. The van der Waals surface area contributed by atoms with Gasteiger partial charge < -0.3 is 20.0 Å². The van der Waals surface area contributed by atoms with E-state index < -0.39 is 25.8 Å². The maximum Gasteiger partial charge on any atom is 0.357 e. The molecule has 1 unspecified atom stereocenters. The van der Waals surface area contributed by atoms with Crippen molar-refractivity contribution in [3.05, 3.63) is 11.9 Å². The first-order valence-electron chi connectivity index (χ1n) is 2.89. The molecule has 0 aliphatic heterocycles. The van der Waals surface area contributed by atoms with Gasteiger partial charge in [-0.3, -0.25) is 0 Å². The molecule has 0 fully saturated rings. The summed E-state index contributed by atoms with van der Waals surface area (Å²) in [6, 6.07) is 0. The molecule has 0 bridgehead atoms. The second-order valence-corrected chi connectivity index (χ2v) is 3.33. The molecule has 3 N–H and O–H groups in total. The van der Waals surface area contributed by atoms with E-state index in [0.717, 1.165) is 11.9 Å². The van der Waals surface area contributed by atoms with Crippen LogP contribution in [0.5, 0.6) is 0 Å². The van der Waals surface area contributed by atoms with Gasteiger partial charge in [0, 0.05) is 0 Å². The quantitative estimate of drug-likeness (QED) is 0.250. The van der Waals surface area contributed by atoms with Crippen LogP contribution >= 0.6 is 7.80 Å². The summed E-state index contributed by atoms with van der Waals surface area (Å²) in [5, 5.41) is 27.1. The Labute approximate surface area is 68.6 Å². The number of aliphatic hydroxyl groups excluding tert-OH is 1. The van der Waals surface area contributed by atoms with Gasteiger partial charge in [-0.05, 0) is 11.9 Å². The molecule has 0 heterocycles. The summed E-state index contributed by atoms with van der Waals surface area (Å²) in [7, 11) is -2.30. The summed E-state index contributed by atoms with van der Waals surface area (Å²) in [5.74, 6) is -0.435. The molecule has 0 rings (SSSR count). The molecular weight excluding hydrogens is 185 g/mol.